The summed E-state index contributed by atoms with van der Waals surface area (Å²) in [5, 5.41) is 15.1. The molecule has 6 nitrogen and oxygen atoms in total. The van der Waals surface area contributed by atoms with E-state index in [2.05, 4.69) is 14.9 Å². The number of aromatic nitrogens is 2. The molecule has 0 saturated heterocycles. The minimum Gasteiger partial charge on any atom is -0.481 e. The van der Waals surface area contributed by atoms with Crippen LogP contribution in [-0.4, -0.2) is 32.6 Å². The summed E-state index contributed by atoms with van der Waals surface area (Å²) >= 11 is 0.989. The zero-order valence-corrected chi connectivity index (χ0v) is 11.5. The molecule has 7 heteroatoms. The number of aliphatic carboxylic acids is 1. The SMILES string of the molecule is CC(C)(C)CC(CC(=O)O)NC(=O)c1cnns1. The van der Waals surface area contributed by atoms with Gasteiger partial charge in [-0.3, -0.25) is 9.59 Å². The number of nitrogens with zero attached hydrogens (tertiary/aromatic N) is 2. The number of carbonyl (C=O) groups excluding carboxylic acids is 1. The highest BCUT2D eigenvalue weighted by atomic mass is 32.1. The van der Waals surface area contributed by atoms with Crippen molar-refractivity contribution in [2.75, 3.05) is 0 Å². The Labute approximate surface area is 110 Å². The van der Waals surface area contributed by atoms with Gasteiger partial charge in [0.15, 0.2) is 0 Å². The van der Waals surface area contributed by atoms with Crippen LogP contribution in [0.1, 0.15) is 43.3 Å². The molecular weight excluding hydrogens is 254 g/mol. The highest BCUT2D eigenvalue weighted by Gasteiger charge is 2.23. The number of amides is 1. The first-order valence-corrected chi connectivity index (χ1v) is 6.35. The third-order valence-corrected chi connectivity index (χ3v) is 2.86. The Kier molecular flexibility index (Phi) is 4.77. The Morgan fingerprint density at radius 2 is 2.17 bits per heavy atom. The van der Waals surface area contributed by atoms with E-state index < -0.39 is 12.0 Å². The van der Waals surface area contributed by atoms with Gasteiger partial charge < -0.3 is 10.4 Å². The number of carboxylic acids is 1. The van der Waals surface area contributed by atoms with Crippen molar-refractivity contribution in [2.24, 2.45) is 5.41 Å². The molecule has 1 aromatic rings. The van der Waals surface area contributed by atoms with Crippen LogP contribution in [0, 0.1) is 5.41 Å². The Morgan fingerprint density at radius 3 is 2.61 bits per heavy atom. The molecule has 100 valence electrons. The first-order valence-electron chi connectivity index (χ1n) is 5.58. The Balaban J connectivity index is 2.66. The number of rotatable bonds is 5. The molecule has 0 fully saturated rings. The van der Waals surface area contributed by atoms with Gasteiger partial charge >= 0.3 is 5.97 Å². The topological polar surface area (TPSA) is 92.2 Å². The molecule has 1 heterocycles. The molecule has 2 N–H and O–H groups in total. The number of carboxylic acid groups (broad SMARTS) is 1. The lowest BCUT2D eigenvalue weighted by atomic mass is 9.87. The van der Waals surface area contributed by atoms with Gasteiger partial charge in [-0.2, -0.15) is 0 Å². The lowest BCUT2D eigenvalue weighted by Gasteiger charge is -2.25. The summed E-state index contributed by atoms with van der Waals surface area (Å²) in [5.41, 5.74) is -0.0562. The molecule has 0 aliphatic rings. The number of carbonyl (C=O) groups is 2. The van der Waals surface area contributed by atoms with E-state index >= 15 is 0 Å². The molecule has 0 saturated carbocycles. The van der Waals surface area contributed by atoms with Gasteiger partial charge in [0.05, 0.1) is 12.6 Å². The molecule has 1 unspecified atom stereocenters. The van der Waals surface area contributed by atoms with Gasteiger partial charge in [0.1, 0.15) is 4.88 Å². The van der Waals surface area contributed by atoms with E-state index in [-0.39, 0.29) is 17.7 Å². The summed E-state index contributed by atoms with van der Waals surface area (Å²) in [6.45, 7) is 6.01. The summed E-state index contributed by atoms with van der Waals surface area (Å²) in [6.07, 6.45) is 1.88. The highest BCUT2D eigenvalue weighted by molar-refractivity contribution is 7.07. The second kappa shape index (κ2) is 5.90. The van der Waals surface area contributed by atoms with Crippen LogP contribution in [-0.2, 0) is 4.79 Å². The molecule has 0 bridgehead atoms. The average Bonchev–Trinajstić information content (AvgIpc) is 2.65. The van der Waals surface area contributed by atoms with Crippen LogP contribution in [0.3, 0.4) is 0 Å². The fourth-order valence-corrected chi connectivity index (χ4v) is 2.07. The van der Waals surface area contributed by atoms with Gasteiger partial charge in [-0.05, 0) is 23.4 Å². The van der Waals surface area contributed by atoms with Crippen molar-refractivity contribution in [2.45, 2.75) is 39.7 Å². The molecule has 18 heavy (non-hydrogen) atoms. The van der Waals surface area contributed by atoms with Gasteiger partial charge in [0.25, 0.3) is 5.91 Å². The van der Waals surface area contributed by atoms with Crippen LogP contribution in [0.4, 0.5) is 0 Å². The first kappa shape index (κ1) is 14.6. The lowest BCUT2D eigenvalue weighted by molar-refractivity contribution is -0.137. The second-order valence-electron chi connectivity index (χ2n) is 5.31. The summed E-state index contributed by atoms with van der Waals surface area (Å²) < 4.78 is 3.60. The van der Waals surface area contributed by atoms with Gasteiger partial charge in [0.2, 0.25) is 0 Å². The van der Waals surface area contributed by atoms with Crippen LogP contribution in [0.15, 0.2) is 6.20 Å². The van der Waals surface area contributed by atoms with Crippen molar-refractivity contribution in [3.8, 4) is 0 Å². The van der Waals surface area contributed by atoms with Crippen LogP contribution < -0.4 is 5.32 Å². The zero-order chi connectivity index (χ0) is 13.8. The quantitative estimate of drug-likeness (QED) is 0.847. The van der Waals surface area contributed by atoms with Crippen molar-refractivity contribution < 1.29 is 14.7 Å². The maximum Gasteiger partial charge on any atom is 0.305 e. The summed E-state index contributed by atoms with van der Waals surface area (Å²) in [6, 6.07) is -0.392. The van der Waals surface area contributed by atoms with E-state index in [1.807, 2.05) is 20.8 Å². The molecule has 0 aliphatic heterocycles. The fourth-order valence-electron chi connectivity index (χ4n) is 1.65. The van der Waals surface area contributed by atoms with Gasteiger partial charge in [-0.1, -0.05) is 25.3 Å². The maximum absolute atomic E-state index is 11.8. The van der Waals surface area contributed by atoms with E-state index in [9.17, 15) is 9.59 Å². The Bertz CT molecular complexity index is 412. The molecule has 1 rings (SSSR count). The van der Waals surface area contributed by atoms with Crippen molar-refractivity contribution >= 4 is 23.4 Å². The lowest BCUT2D eigenvalue weighted by Crippen LogP contribution is -2.38. The molecule has 0 aromatic carbocycles. The third-order valence-electron chi connectivity index (χ3n) is 2.20. The number of hydrogen-bond donors (Lipinski definition) is 2. The van der Waals surface area contributed by atoms with E-state index in [0.717, 1.165) is 11.5 Å². The van der Waals surface area contributed by atoms with Crippen LogP contribution in [0.2, 0.25) is 0 Å². The van der Waals surface area contributed by atoms with Gasteiger partial charge in [-0.25, -0.2) is 0 Å². The zero-order valence-electron chi connectivity index (χ0n) is 10.6. The van der Waals surface area contributed by atoms with E-state index in [4.69, 9.17) is 5.11 Å². The van der Waals surface area contributed by atoms with Crippen LogP contribution in [0.25, 0.3) is 0 Å². The van der Waals surface area contributed by atoms with E-state index in [0.29, 0.717) is 11.3 Å². The van der Waals surface area contributed by atoms with Gasteiger partial charge in [-0.15, -0.1) is 5.10 Å². The summed E-state index contributed by atoms with van der Waals surface area (Å²) in [5.74, 6) is -1.24. The molecule has 1 amide bonds. The first-order chi connectivity index (χ1) is 8.28. The summed E-state index contributed by atoms with van der Waals surface area (Å²) in [7, 11) is 0. The predicted molar refractivity (Wildman–Crippen MR) is 67.5 cm³/mol. The van der Waals surface area contributed by atoms with Crippen LogP contribution in [0.5, 0.6) is 0 Å². The minimum absolute atomic E-state index is 0.0562. The number of nitrogens with one attached hydrogen (secondary N) is 1. The average molecular weight is 271 g/mol. The minimum atomic E-state index is -0.924. The molecular formula is C11H17N3O3S. The molecule has 0 radical (unpaired) electrons. The highest BCUT2D eigenvalue weighted by Crippen LogP contribution is 2.22. The Hall–Kier alpha value is -1.50. The predicted octanol–water partition coefficient (Wildman–Crippen LogP) is 1.55. The fraction of sp³-hybridized carbons (Fsp3) is 0.636. The molecule has 1 aromatic heterocycles. The molecule has 0 spiro atoms. The summed E-state index contributed by atoms with van der Waals surface area (Å²) in [4.78, 5) is 23.0. The van der Waals surface area contributed by atoms with Gasteiger partial charge in [0, 0.05) is 6.04 Å². The molecule has 0 aliphatic carbocycles. The smallest absolute Gasteiger partial charge is 0.305 e. The van der Waals surface area contributed by atoms with E-state index in [1.165, 1.54) is 6.20 Å². The maximum atomic E-state index is 11.8. The van der Waals surface area contributed by atoms with Crippen molar-refractivity contribution in [1.82, 2.24) is 14.9 Å². The standard InChI is InChI=1S/C11H17N3O3S/c1-11(2,3)5-7(4-9(15)16)13-10(17)8-6-12-14-18-8/h6-7H,4-5H2,1-3H3,(H,13,17)(H,15,16). The second-order valence-corrected chi connectivity index (χ2v) is 6.10. The van der Waals surface area contributed by atoms with Crippen LogP contribution >= 0.6 is 11.5 Å². The normalized spacial score (nSPS) is 13.1. The number of hydrogen-bond acceptors (Lipinski definition) is 5. The van der Waals surface area contributed by atoms with Crippen molar-refractivity contribution in [3.05, 3.63) is 11.1 Å². The third kappa shape index (κ3) is 5.22. The van der Waals surface area contributed by atoms with Crippen molar-refractivity contribution in [1.29, 1.82) is 0 Å². The van der Waals surface area contributed by atoms with E-state index in [1.54, 1.807) is 0 Å². The molecule has 1 atom stereocenters. The monoisotopic (exact) mass is 271 g/mol. The van der Waals surface area contributed by atoms with Crippen molar-refractivity contribution in [3.63, 3.8) is 0 Å². The Morgan fingerprint density at radius 1 is 1.50 bits per heavy atom. The largest absolute Gasteiger partial charge is 0.481 e.